The summed E-state index contributed by atoms with van der Waals surface area (Å²) in [5.74, 6) is 0. The number of anilines is 5. The molecule has 292 valence electrons. The Hall–Kier alpha value is -7.16. The average Bonchev–Trinajstić information content (AvgIpc) is 3.59. The van der Waals surface area contributed by atoms with Gasteiger partial charge in [0.1, 0.15) is 0 Å². The van der Waals surface area contributed by atoms with Gasteiger partial charge in [0.25, 0.3) is 0 Å². The smallest absolute Gasteiger partial charge is 0.0493 e. The second-order valence-corrected chi connectivity index (χ2v) is 17.1. The molecular weight excluding hydrogens is 737 g/mol. The lowest BCUT2D eigenvalue weighted by Gasteiger charge is -2.30. The Morgan fingerprint density at radius 2 is 0.984 bits per heavy atom. The molecule has 0 saturated heterocycles. The molecule has 1 aliphatic carbocycles. The van der Waals surface area contributed by atoms with Crippen LogP contribution in [0.1, 0.15) is 41.5 Å². The molecule has 61 heavy (non-hydrogen) atoms. The van der Waals surface area contributed by atoms with Crippen molar-refractivity contribution in [2.45, 2.75) is 45.4 Å². The largest absolute Gasteiger partial charge is 0.310 e. The van der Waals surface area contributed by atoms with Crippen LogP contribution in [0.25, 0.3) is 54.6 Å². The molecule has 12 rings (SSSR count). The van der Waals surface area contributed by atoms with E-state index in [1.54, 1.807) is 5.57 Å². The summed E-state index contributed by atoms with van der Waals surface area (Å²) < 4.78 is 0. The van der Waals surface area contributed by atoms with E-state index in [2.05, 4.69) is 205 Å². The highest BCUT2D eigenvalue weighted by atomic mass is 15.2. The molecule has 9 aromatic carbocycles. The lowest BCUT2D eigenvalue weighted by Crippen LogP contribution is -2.18. The van der Waals surface area contributed by atoms with E-state index in [1.807, 2.05) is 0 Å². The number of allylic oxidation sites excluding steroid dienone is 3. The van der Waals surface area contributed by atoms with Crippen molar-refractivity contribution < 1.29 is 0 Å². The van der Waals surface area contributed by atoms with E-state index in [-0.39, 0.29) is 0 Å². The highest BCUT2D eigenvalue weighted by Crippen LogP contribution is 2.51. The zero-order valence-corrected chi connectivity index (χ0v) is 34.5. The van der Waals surface area contributed by atoms with Gasteiger partial charge in [0.2, 0.25) is 0 Å². The fraction of sp³-hybridized carbons (Fsp3) is 0.119. The summed E-state index contributed by atoms with van der Waals surface area (Å²) in [5.41, 5.74) is 19.5. The van der Waals surface area contributed by atoms with Gasteiger partial charge in [-0.3, -0.25) is 0 Å². The maximum atomic E-state index is 2.56. The molecule has 9 aromatic rings. The Balaban J connectivity index is 1.21. The van der Waals surface area contributed by atoms with Gasteiger partial charge in [0, 0.05) is 34.1 Å². The summed E-state index contributed by atoms with van der Waals surface area (Å²) in [7, 11) is 0. The first-order valence-electron chi connectivity index (χ1n) is 22.0. The summed E-state index contributed by atoms with van der Waals surface area (Å²) in [4.78, 5) is 5.08. The summed E-state index contributed by atoms with van der Waals surface area (Å²) in [6.45, 7) is 2.22. The molecular formula is C59H46N2. The Kier molecular flexibility index (Phi) is 8.52. The highest BCUT2D eigenvalue weighted by Gasteiger charge is 2.28. The minimum atomic E-state index is 1.01. The summed E-state index contributed by atoms with van der Waals surface area (Å²) in [6, 6.07) is 66.5. The van der Waals surface area contributed by atoms with Gasteiger partial charge < -0.3 is 9.80 Å². The van der Waals surface area contributed by atoms with E-state index < -0.39 is 0 Å². The van der Waals surface area contributed by atoms with Crippen molar-refractivity contribution in [3.05, 3.63) is 222 Å². The first kappa shape index (κ1) is 35.8. The van der Waals surface area contributed by atoms with Gasteiger partial charge in [-0.05, 0) is 171 Å². The van der Waals surface area contributed by atoms with Gasteiger partial charge in [0.05, 0.1) is 0 Å². The van der Waals surface area contributed by atoms with E-state index in [9.17, 15) is 0 Å². The van der Waals surface area contributed by atoms with Crippen LogP contribution in [0.2, 0.25) is 0 Å². The number of hydrogen-bond acceptors (Lipinski definition) is 2. The number of aryl methyl sites for hydroxylation is 4. The first-order chi connectivity index (χ1) is 30.2. The lowest BCUT2D eigenvalue weighted by atomic mass is 9.84. The molecule has 0 amide bonds. The molecule has 0 spiro atoms. The topological polar surface area (TPSA) is 6.48 Å². The molecule has 0 bridgehead atoms. The standard InChI is InChI=1S/C59H46N2/c1-39-14-12-21-45(36-39)58-50-34-32-47(61-56-26-10-5-18-43(56)30-31-44-19-6-11-27-57(44)61)38-53(50)59(49-23-13-20-40-15-2-7-22-48(40)49)51-35-33-46(37-52(51)58)60-54-24-8-3-16-41(54)28-29-42-17-4-9-25-55(42)60/h2-3,5-16,18-27,32-38H,4,17,28-31H2,1H3. The monoisotopic (exact) mass is 782 g/mol. The van der Waals surface area contributed by atoms with Crippen LogP contribution >= 0.6 is 0 Å². The van der Waals surface area contributed by atoms with Gasteiger partial charge in [-0.2, -0.15) is 0 Å². The molecule has 2 heteroatoms. The van der Waals surface area contributed by atoms with Gasteiger partial charge in [-0.1, -0.05) is 145 Å². The van der Waals surface area contributed by atoms with Crippen LogP contribution in [0.4, 0.5) is 28.4 Å². The zero-order valence-electron chi connectivity index (χ0n) is 34.5. The fourth-order valence-corrected chi connectivity index (χ4v) is 10.7. The average molecular weight is 783 g/mol. The van der Waals surface area contributed by atoms with E-state index >= 15 is 0 Å². The molecule has 3 aliphatic rings. The number of para-hydroxylation sites is 3. The van der Waals surface area contributed by atoms with E-state index in [0.29, 0.717) is 0 Å². The van der Waals surface area contributed by atoms with Crippen molar-refractivity contribution in [3.63, 3.8) is 0 Å². The van der Waals surface area contributed by atoms with Crippen molar-refractivity contribution in [3.8, 4) is 22.3 Å². The third-order valence-corrected chi connectivity index (χ3v) is 13.5. The molecule has 0 N–H and O–H groups in total. The molecule has 0 saturated carbocycles. The summed E-state index contributed by atoms with van der Waals surface area (Å²) in [5, 5.41) is 7.54. The molecule has 0 radical (unpaired) electrons. The number of rotatable bonds is 4. The second kappa shape index (κ2) is 14.5. The van der Waals surface area contributed by atoms with Crippen molar-refractivity contribution in [1.29, 1.82) is 0 Å². The van der Waals surface area contributed by atoms with Crippen LogP contribution < -0.4 is 9.80 Å². The number of fused-ring (bicyclic) bond motifs is 6. The quantitative estimate of drug-likeness (QED) is 0.164. The zero-order chi connectivity index (χ0) is 40.4. The molecule has 0 aromatic heterocycles. The van der Waals surface area contributed by atoms with E-state index in [1.165, 1.54) is 111 Å². The van der Waals surface area contributed by atoms with E-state index in [0.717, 1.165) is 38.5 Å². The molecule has 2 nitrogen and oxygen atoms in total. The van der Waals surface area contributed by atoms with Crippen LogP contribution in [0.15, 0.2) is 199 Å². The summed E-state index contributed by atoms with van der Waals surface area (Å²) in [6.07, 6.45) is 11.2. The van der Waals surface area contributed by atoms with Crippen molar-refractivity contribution >= 4 is 60.8 Å². The lowest BCUT2D eigenvalue weighted by molar-refractivity contribution is 0.833. The Bertz CT molecular complexity index is 3240. The number of hydrogen-bond donors (Lipinski definition) is 0. The van der Waals surface area contributed by atoms with Crippen LogP contribution in [0.5, 0.6) is 0 Å². The molecule has 0 fully saturated rings. The maximum Gasteiger partial charge on any atom is 0.0493 e. The predicted molar refractivity (Wildman–Crippen MR) is 259 cm³/mol. The van der Waals surface area contributed by atoms with Crippen LogP contribution in [-0.2, 0) is 19.3 Å². The fourth-order valence-electron chi connectivity index (χ4n) is 10.7. The van der Waals surface area contributed by atoms with Crippen molar-refractivity contribution in [2.75, 3.05) is 9.80 Å². The minimum absolute atomic E-state index is 1.01. The van der Waals surface area contributed by atoms with Crippen LogP contribution in [0, 0.1) is 6.92 Å². The van der Waals surface area contributed by atoms with Crippen LogP contribution in [-0.4, -0.2) is 0 Å². The Labute approximate surface area is 358 Å². The third kappa shape index (κ3) is 5.92. The van der Waals surface area contributed by atoms with Gasteiger partial charge in [0.15, 0.2) is 0 Å². The highest BCUT2D eigenvalue weighted by molar-refractivity contribution is 6.24. The van der Waals surface area contributed by atoms with Crippen molar-refractivity contribution in [2.24, 2.45) is 0 Å². The predicted octanol–water partition coefficient (Wildman–Crippen LogP) is 16.0. The second-order valence-electron chi connectivity index (χ2n) is 17.1. The van der Waals surface area contributed by atoms with E-state index in [4.69, 9.17) is 0 Å². The van der Waals surface area contributed by atoms with Gasteiger partial charge in [-0.15, -0.1) is 0 Å². The molecule has 0 atom stereocenters. The van der Waals surface area contributed by atoms with Gasteiger partial charge in [-0.25, -0.2) is 0 Å². The Morgan fingerprint density at radius 1 is 0.410 bits per heavy atom. The molecule has 0 unspecified atom stereocenters. The summed E-state index contributed by atoms with van der Waals surface area (Å²) >= 11 is 0. The third-order valence-electron chi connectivity index (χ3n) is 13.5. The normalized spacial score (nSPS) is 14.7. The van der Waals surface area contributed by atoms with Crippen molar-refractivity contribution in [1.82, 2.24) is 0 Å². The number of benzene rings is 9. The van der Waals surface area contributed by atoms with Gasteiger partial charge >= 0.3 is 0 Å². The Morgan fingerprint density at radius 3 is 1.70 bits per heavy atom. The molecule has 2 aliphatic heterocycles. The first-order valence-corrected chi connectivity index (χ1v) is 22.0. The van der Waals surface area contributed by atoms with Crippen LogP contribution in [0.3, 0.4) is 0 Å². The minimum Gasteiger partial charge on any atom is -0.310 e. The number of nitrogens with zero attached hydrogens (tertiary/aromatic N) is 2. The SMILES string of the molecule is Cc1cccc(-c2c3cc(N4C5=C(CCC=C5)CCc5ccccc54)ccc3c(-c3cccc4ccccc34)c3cc(N4c5ccccc5CCc5ccccc54)ccc23)c1. The maximum absolute atomic E-state index is 2.56. The molecule has 2 heterocycles.